The highest BCUT2D eigenvalue weighted by Crippen LogP contribution is 2.38. The molecule has 3 rings (SSSR count). The number of anilines is 1. The van der Waals surface area contributed by atoms with Gasteiger partial charge in [0.2, 0.25) is 5.91 Å². The molecule has 0 unspecified atom stereocenters. The van der Waals surface area contributed by atoms with Crippen LogP contribution in [0.15, 0.2) is 41.3 Å². The number of hydrogen-bond acceptors (Lipinski definition) is 5. The predicted octanol–water partition coefficient (Wildman–Crippen LogP) is 2.16. The number of fused-ring (bicyclic) bond motifs is 1. The Labute approximate surface area is 154 Å². The Bertz CT molecular complexity index is 1040. The van der Waals surface area contributed by atoms with Gasteiger partial charge < -0.3 is 5.73 Å². The van der Waals surface area contributed by atoms with Crippen molar-refractivity contribution in [3.63, 3.8) is 0 Å². The average molecular weight is 396 g/mol. The van der Waals surface area contributed by atoms with E-state index in [1.165, 1.54) is 6.92 Å². The zero-order valence-corrected chi connectivity index (χ0v) is 15.1. The quantitative estimate of drug-likeness (QED) is 0.627. The van der Waals surface area contributed by atoms with Crippen molar-refractivity contribution in [2.24, 2.45) is 5.73 Å². The Balaban J connectivity index is 2.22. The molecule has 1 aliphatic rings. The second kappa shape index (κ2) is 6.26. The molecular weight excluding hydrogens is 382 g/mol. The summed E-state index contributed by atoms with van der Waals surface area (Å²) in [4.78, 5) is 22.0. The zero-order valence-electron chi connectivity index (χ0n) is 13.5. The summed E-state index contributed by atoms with van der Waals surface area (Å²) in [6, 6.07) is 7.58. The highest BCUT2D eigenvalue weighted by molar-refractivity contribution is 7.93. The lowest BCUT2D eigenvalue weighted by atomic mass is 10.1. The summed E-state index contributed by atoms with van der Waals surface area (Å²) in [6.07, 6.45) is 0.131. The third-order valence-corrected chi connectivity index (χ3v) is 6.49. The third kappa shape index (κ3) is 2.78. The van der Waals surface area contributed by atoms with E-state index >= 15 is 0 Å². The van der Waals surface area contributed by atoms with Crippen molar-refractivity contribution in [2.45, 2.75) is 24.3 Å². The van der Waals surface area contributed by atoms with Crippen LogP contribution in [0.2, 0.25) is 5.02 Å². The van der Waals surface area contributed by atoms with Crippen LogP contribution >= 0.6 is 11.6 Å². The molecule has 1 aliphatic heterocycles. The SMILES string of the molecule is Cc1c(Cl)cc(S(=O)(=O)N2c3ccccc3C[C@H]2C(N)=O)cc1[N+](=O)[O-]. The van der Waals surface area contributed by atoms with Crippen LogP contribution < -0.4 is 10.0 Å². The van der Waals surface area contributed by atoms with E-state index in [1.54, 1.807) is 24.3 Å². The van der Waals surface area contributed by atoms with Crippen molar-refractivity contribution in [1.29, 1.82) is 0 Å². The van der Waals surface area contributed by atoms with Gasteiger partial charge in [-0.25, -0.2) is 8.42 Å². The summed E-state index contributed by atoms with van der Waals surface area (Å²) in [5.74, 6) is -0.808. The number of primary amides is 1. The van der Waals surface area contributed by atoms with Crippen molar-refractivity contribution < 1.29 is 18.1 Å². The molecule has 2 N–H and O–H groups in total. The van der Waals surface area contributed by atoms with Gasteiger partial charge in [0, 0.05) is 18.1 Å². The summed E-state index contributed by atoms with van der Waals surface area (Å²) >= 11 is 6.00. The molecule has 1 atom stereocenters. The van der Waals surface area contributed by atoms with E-state index in [4.69, 9.17) is 17.3 Å². The number of halogens is 1. The monoisotopic (exact) mass is 395 g/mol. The molecule has 0 fully saturated rings. The summed E-state index contributed by atoms with van der Waals surface area (Å²) in [7, 11) is -4.30. The first-order chi connectivity index (χ1) is 12.1. The van der Waals surface area contributed by atoms with Crippen LogP contribution in [0.4, 0.5) is 11.4 Å². The number of nitrogens with two attached hydrogens (primary N) is 1. The van der Waals surface area contributed by atoms with E-state index in [0.29, 0.717) is 11.3 Å². The molecule has 0 aliphatic carbocycles. The summed E-state index contributed by atoms with van der Waals surface area (Å²) in [5, 5.41) is 11.2. The Kier molecular flexibility index (Phi) is 4.37. The van der Waals surface area contributed by atoms with E-state index in [1.807, 2.05) is 0 Å². The minimum absolute atomic E-state index is 0.0547. The molecule has 0 spiro atoms. The number of para-hydroxylation sites is 1. The van der Waals surface area contributed by atoms with Gasteiger partial charge in [-0.15, -0.1) is 0 Å². The van der Waals surface area contributed by atoms with Gasteiger partial charge in [0.25, 0.3) is 15.7 Å². The zero-order chi connectivity index (χ0) is 19.2. The van der Waals surface area contributed by atoms with E-state index in [0.717, 1.165) is 16.4 Å². The molecule has 1 heterocycles. The summed E-state index contributed by atoms with van der Waals surface area (Å²) in [6.45, 7) is 1.42. The molecule has 1 amide bonds. The molecule has 0 bridgehead atoms. The molecule has 0 aromatic heterocycles. The van der Waals surface area contributed by atoms with Crippen LogP contribution in [-0.2, 0) is 21.2 Å². The van der Waals surface area contributed by atoms with Crippen LogP contribution in [-0.4, -0.2) is 25.3 Å². The number of amides is 1. The molecule has 0 saturated heterocycles. The number of carbonyl (C=O) groups is 1. The Hall–Kier alpha value is -2.65. The van der Waals surface area contributed by atoms with E-state index in [-0.39, 0.29) is 21.9 Å². The van der Waals surface area contributed by atoms with Crippen LogP contribution in [0.1, 0.15) is 11.1 Å². The van der Waals surface area contributed by atoms with E-state index in [9.17, 15) is 23.3 Å². The first kappa shape index (κ1) is 18.2. The largest absolute Gasteiger partial charge is 0.368 e. The number of hydrogen-bond donors (Lipinski definition) is 1. The highest BCUT2D eigenvalue weighted by atomic mass is 35.5. The maximum atomic E-state index is 13.2. The highest BCUT2D eigenvalue weighted by Gasteiger charge is 2.42. The maximum Gasteiger partial charge on any atom is 0.275 e. The first-order valence-electron chi connectivity index (χ1n) is 7.50. The molecule has 10 heteroatoms. The minimum atomic E-state index is -4.30. The van der Waals surface area contributed by atoms with Gasteiger partial charge in [-0.1, -0.05) is 29.8 Å². The molecule has 8 nitrogen and oxygen atoms in total. The summed E-state index contributed by atoms with van der Waals surface area (Å²) < 4.78 is 27.3. The molecule has 26 heavy (non-hydrogen) atoms. The average Bonchev–Trinajstić information content (AvgIpc) is 2.97. The number of nitro benzene ring substituents is 1. The van der Waals surface area contributed by atoms with Crippen LogP contribution in [0.5, 0.6) is 0 Å². The normalized spacial score (nSPS) is 16.4. The Morgan fingerprint density at radius 1 is 1.35 bits per heavy atom. The van der Waals surface area contributed by atoms with Crippen molar-refractivity contribution in [3.05, 3.63) is 62.7 Å². The van der Waals surface area contributed by atoms with Gasteiger partial charge in [0.15, 0.2) is 0 Å². The van der Waals surface area contributed by atoms with Gasteiger partial charge in [0.1, 0.15) is 6.04 Å². The number of sulfonamides is 1. The first-order valence-corrected chi connectivity index (χ1v) is 9.32. The molecule has 0 saturated carbocycles. The van der Waals surface area contributed by atoms with Gasteiger partial charge in [-0.05, 0) is 24.6 Å². The van der Waals surface area contributed by atoms with Gasteiger partial charge in [0.05, 0.1) is 20.5 Å². The lowest BCUT2D eigenvalue weighted by Gasteiger charge is -2.25. The van der Waals surface area contributed by atoms with Crippen molar-refractivity contribution in [2.75, 3.05) is 4.31 Å². The number of nitro groups is 1. The standard InChI is InChI=1S/C16H14ClN3O5S/c1-9-12(17)7-11(8-14(9)20(22)23)26(24,25)19-13-5-3-2-4-10(13)6-15(19)16(18)21/h2-5,7-8,15H,6H2,1H3,(H2,18,21)/t15-/m0/s1. The minimum Gasteiger partial charge on any atom is -0.368 e. The van der Waals surface area contributed by atoms with E-state index in [2.05, 4.69) is 0 Å². The second-order valence-electron chi connectivity index (χ2n) is 5.86. The topological polar surface area (TPSA) is 124 Å². The number of rotatable bonds is 4. The number of carbonyl (C=O) groups excluding carboxylic acids is 1. The van der Waals surface area contributed by atoms with E-state index < -0.39 is 32.6 Å². The fourth-order valence-corrected chi connectivity index (χ4v) is 4.95. The maximum absolute atomic E-state index is 13.2. The molecule has 2 aromatic carbocycles. The Morgan fingerprint density at radius 3 is 2.62 bits per heavy atom. The lowest BCUT2D eigenvalue weighted by molar-refractivity contribution is -0.385. The van der Waals surface area contributed by atoms with Gasteiger partial charge in [-0.3, -0.25) is 19.2 Å². The number of benzene rings is 2. The van der Waals surface area contributed by atoms with Crippen molar-refractivity contribution >= 4 is 38.9 Å². The summed E-state index contributed by atoms with van der Waals surface area (Å²) in [5.41, 5.74) is 6.10. The second-order valence-corrected chi connectivity index (χ2v) is 8.08. The van der Waals surface area contributed by atoms with Crippen molar-refractivity contribution in [3.8, 4) is 0 Å². The van der Waals surface area contributed by atoms with Crippen LogP contribution in [0.25, 0.3) is 0 Å². The fraction of sp³-hybridized carbons (Fsp3) is 0.188. The predicted molar refractivity (Wildman–Crippen MR) is 95.6 cm³/mol. The van der Waals surface area contributed by atoms with Crippen LogP contribution in [0.3, 0.4) is 0 Å². The fourth-order valence-electron chi connectivity index (χ4n) is 2.96. The number of nitrogens with zero attached hydrogens (tertiary/aromatic N) is 2. The lowest BCUT2D eigenvalue weighted by Crippen LogP contribution is -2.46. The van der Waals surface area contributed by atoms with Gasteiger partial charge >= 0.3 is 0 Å². The van der Waals surface area contributed by atoms with Crippen molar-refractivity contribution in [1.82, 2.24) is 0 Å². The Morgan fingerprint density at radius 2 is 2.00 bits per heavy atom. The van der Waals surface area contributed by atoms with Gasteiger partial charge in [-0.2, -0.15) is 0 Å². The smallest absolute Gasteiger partial charge is 0.275 e. The molecular formula is C16H14ClN3O5S. The third-order valence-electron chi connectivity index (χ3n) is 4.30. The van der Waals surface area contributed by atoms with Crippen LogP contribution in [0, 0.1) is 17.0 Å². The molecule has 0 radical (unpaired) electrons. The molecule has 2 aromatic rings. The molecule has 136 valence electrons.